The van der Waals surface area contributed by atoms with E-state index in [0.717, 1.165) is 0 Å². The van der Waals surface area contributed by atoms with Crippen molar-refractivity contribution >= 4 is 32.5 Å². The fourth-order valence-corrected chi connectivity index (χ4v) is 1.03. The minimum atomic E-state index is -4.84. The molecule has 10 heavy (non-hydrogen) atoms. The van der Waals surface area contributed by atoms with Crippen molar-refractivity contribution in [3.05, 3.63) is 0 Å². The molecule has 0 fully saturated rings. The van der Waals surface area contributed by atoms with Crippen LogP contribution in [0.3, 0.4) is 0 Å². The fraction of sp³-hybridized carbons (Fsp3) is 0. The number of hydrogen-bond acceptors (Lipinski definition) is 4. The summed E-state index contributed by atoms with van der Waals surface area (Å²) in [7, 11) is 0. The molecule has 58 valence electrons. The Morgan fingerprint density at radius 1 is 0.800 bits per heavy atom. The van der Waals surface area contributed by atoms with Crippen molar-refractivity contribution < 1.29 is 31.5 Å². The maximum absolute atomic E-state index is 10.2. The van der Waals surface area contributed by atoms with Crippen LogP contribution in [0.4, 0.5) is 0 Å². The Bertz CT molecular complexity index is 158. The van der Waals surface area contributed by atoms with Gasteiger partial charge in [-0.05, 0) is 0 Å². The van der Waals surface area contributed by atoms with Gasteiger partial charge < -0.3 is 0 Å². The molecular formula is C4H4BrO4Re. The molecule has 0 aliphatic rings. The van der Waals surface area contributed by atoms with Crippen LogP contribution in [-0.2, 0) is 31.5 Å². The van der Waals surface area contributed by atoms with Crippen molar-refractivity contribution in [2.75, 3.05) is 0 Å². The van der Waals surface area contributed by atoms with Crippen LogP contribution in [0.15, 0.2) is 0 Å². The van der Waals surface area contributed by atoms with Crippen LogP contribution in [0.2, 0.25) is 0 Å². The summed E-state index contributed by atoms with van der Waals surface area (Å²) in [6.45, 7) is 0. The molecule has 0 aliphatic heterocycles. The predicted octanol–water partition coefficient (Wildman–Crippen LogP) is -0.253. The second kappa shape index (κ2) is 2.83. The molecule has 0 aliphatic carbocycles. The van der Waals surface area contributed by atoms with Crippen molar-refractivity contribution in [1.82, 2.24) is 0 Å². The zero-order chi connectivity index (χ0) is 8.28. The molecule has 0 aromatic rings. The van der Waals surface area contributed by atoms with Crippen molar-refractivity contribution in [2.24, 2.45) is 0 Å². The maximum atomic E-state index is 10.2. The summed E-state index contributed by atoms with van der Waals surface area (Å²) in [5, 5.41) is 0. The van der Waals surface area contributed by atoms with E-state index in [1.165, 1.54) is 0 Å². The number of carbonyl (C=O) groups excluding carboxylic acids is 4. The normalized spacial score (nSPS) is 14.3. The molecule has 0 saturated carbocycles. The molecule has 0 unspecified atom stereocenters. The van der Waals surface area contributed by atoms with E-state index in [2.05, 4.69) is 13.4 Å². The van der Waals surface area contributed by atoms with E-state index in [9.17, 15) is 19.2 Å². The van der Waals surface area contributed by atoms with Crippen molar-refractivity contribution in [1.29, 1.82) is 0 Å². The van der Waals surface area contributed by atoms with Crippen LogP contribution in [0.1, 0.15) is 0 Å². The Morgan fingerprint density at radius 3 is 1.00 bits per heavy atom. The Hall–Kier alpha value is -0.178. The van der Waals surface area contributed by atoms with Gasteiger partial charge in [0, 0.05) is 0 Å². The molecule has 0 atom stereocenters. The summed E-state index contributed by atoms with van der Waals surface area (Å²) in [5.41, 5.74) is 0. The monoisotopic (exact) mass is 382 g/mol. The third kappa shape index (κ3) is 1.45. The molecular weight excluding hydrogens is 378 g/mol. The average molecular weight is 382 g/mol. The Balaban J connectivity index is 5.16. The number of rotatable bonds is 4. The first-order chi connectivity index (χ1) is 4.54. The van der Waals surface area contributed by atoms with Crippen LogP contribution in [0.5, 0.6) is 0 Å². The summed E-state index contributed by atoms with van der Waals surface area (Å²) in [5.74, 6) is 0. The molecule has 0 amide bonds. The van der Waals surface area contributed by atoms with Crippen LogP contribution in [0.25, 0.3) is 0 Å². The molecule has 0 aromatic heterocycles. The number of halogens is 1. The predicted molar refractivity (Wildman–Crippen MR) is 35.9 cm³/mol. The zero-order valence-corrected chi connectivity index (χ0v) is 9.00. The molecule has 0 aromatic carbocycles. The van der Waals surface area contributed by atoms with Gasteiger partial charge in [0.2, 0.25) is 0 Å². The second-order valence-electron chi connectivity index (χ2n) is 1.44. The average Bonchev–Trinajstić information content (AvgIpc) is 2.04. The van der Waals surface area contributed by atoms with Crippen molar-refractivity contribution in [3.63, 3.8) is 0 Å². The molecule has 0 heterocycles. The Kier molecular flexibility index (Phi) is 2.78. The van der Waals surface area contributed by atoms with E-state index in [-0.39, 0.29) is 19.0 Å². The van der Waals surface area contributed by atoms with E-state index in [4.69, 9.17) is 0 Å². The first kappa shape index (κ1) is 9.82. The standard InChI is InChI=1S/4CHO.BrH.Re/c4*1-2;;/h4*1H;1H;/q;;;;;+1/p-1. The number of carbonyl (C=O) groups is 4. The van der Waals surface area contributed by atoms with Gasteiger partial charge in [0.25, 0.3) is 0 Å². The molecule has 0 rings (SSSR count). The Morgan fingerprint density at radius 2 is 1.00 bits per heavy atom. The van der Waals surface area contributed by atoms with Crippen molar-refractivity contribution in [2.45, 2.75) is 0 Å². The summed E-state index contributed by atoms with van der Waals surface area (Å²) in [6.07, 6.45) is 0. The quantitative estimate of drug-likeness (QED) is 0.629. The molecule has 0 N–H and O–H groups in total. The molecule has 0 spiro atoms. The summed E-state index contributed by atoms with van der Waals surface area (Å²) >= 11 is -2.22. The van der Waals surface area contributed by atoms with Gasteiger partial charge in [-0.25, -0.2) is 0 Å². The molecule has 4 nitrogen and oxygen atoms in total. The van der Waals surface area contributed by atoms with Gasteiger partial charge in [-0.15, -0.1) is 0 Å². The SMILES string of the molecule is O=[CH][Re]([Br])([CH]=O)([CH]=O)[CH]=O. The zero-order valence-electron chi connectivity index (χ0n) is 4.70. The summed E-state index contributed by atoms with van der Waals surface area (Å²) < 4.78 is 0.561. The van der Waals surface area contributed by atoms with Gasteiger partial charge in [0.15, 0.2) is 0 Å². The van der Waals surface area contributed by atoms with E-state index in [1.807, 2.05) is 0 Å². The van der Waals surface area contributed by atoms with Crippen LogP contribution in [-0.4, -0.2) is 19.0 Å². The van der Waals surface area contributed by atoms with Crippen LogP contribution >= 0.6 is 13.4 Å². The molecule has 6 heteroatoms. The topological polar surface area (TPSA) is 68.3 Å². The molecule has 0 radical (unpaired) electrons. The van der Waals surface area contributed by atoms with Gasteiger partial charge in [0.05, 0.1) is 0 Å². The second-order valence-corrected chi connectivity index (χ2v) is 23.1. The van der Waals surface area contributed by atoms with E-state index in [1.54, 1.807) is 0 Å². The first-order valence-electron chi connectivity index (χ1n) is 1.96. The van der Waals surface area contributed by atoms with E-state index < -0.39 is 12.3 Å². The van der Waals surface area contributed by atoms with Gasteiger partial charge in [-0.3, -0.25) is 0 Å². The van der Waals surface area contributed by atoms with Crippen LogP contribution < -0.4 is 0 Å². The first-order valence-corrected chi connectivity index (χ1v) is 14.2. The third-order valence-corrected chi connectivity index (χ3v) is 10.8. The molecule has 0 bridgehead atoms. The Labute approximate surface area is 64.0 Å². The van der Waals surface area contributed by atoms with Crippen LogP contribution in [0, 0.1) is 0 Å². The molecule has 0 saturated heterocycles. The van der Waals surface area contributed by atoms with Gasteiger partial charge in [0.1, 0.15) is 0 Å². The van der Waals surface area contributed by atoms with Gasteiger partial charge >= 0.3 is 63.9 Å². The fourth-order valence-electron chi connectivity index (χ4n) is 0.126. The van der Waals surface area contributed by atoms with Crippen molar-refractivity contribution in [3.8, 4) is 0 Å². The number of hydrogen-bond donors (Lipinski definition) is 0. The van der Waals surface area contributed by atoms with E-state index >= 15 is 0 Å². The summed E-state index contributed by atoms with van der Waals surface area (Å²) in [6, 6.07) is 0. The summed E-state index contributed by atoms with van der Waals surface area (Å²) in [4.78, 5) is 40.8. The minimum absolute atomic E-state index is 0.140. The van der Waals surface area contributed by atoms with E-state index in [0.29, 0.717) is 0 Å². The third-order valence-electron chi connectivity index (χ3n) is 0.752. The van der Waals surface area contributed by atoms with Gasteiger partial charge in [-0.1, -0.05) is 0 Å². The van der Waals surface area contributed by atoms with Gasteiger partial charge in [-0.2, -0.15) is 0 Å².